The quantitative estimate of drug-likeness (QED) is 0.692. The van der Waals surface area contributed by atoms with E-state index in [2.05, 4.69) is 10.1 Å². The molecule has 2 aromatic rings. The fraction of sp³-hybridized carbons (Fsp3) is 0.133. The average molecular weight is 378 g/mol. The summed E-state index contributed by atoms with van der Waals surface area (Å²) < 4.78 is 28.6. The molecule has 0 aliphatic heterocycles. The maximum atomic E-state index is 12.3. The van der Waals surface area contributed by atoms with Crippen molar-refractivity contribution in [2.75, 3.05) is 11.6 Å². The number of nitrogens with one attached hydrogen (secondary N) is 1. The van der Waals surface area contributed by atoms with E-state index >= 15 is 0 Å². The van der Waals surface area contributed by atoms with Crippen LogP contribution in [0.1, 0.15) is 10.4 Å². The Balaban J connectivity index is 2.19. The van der Waals surface area contributed by atoms with Crippen molar-refractivity contribution in [2.45, 2.75) is 11.5 Å². The lowest BCUT2D eigenvalue weighted by molar-refractivity contribution is -0.0497. The number of carbonyl (C=O) groups excluding carboxylic acids is 1. The number of anilines is 1. The second kappa shape index (κ2) is 7.86. The molecule has 23 heavy (non-hydrogen) atoms. The van der Waals surface area contributed by atoms with Gasteiger partial charge in [-0.3, -0.25) is 4.79 Å². The van der Waals surface area contributed by atoms with Gasteiger partial charge in [-0.2, -0.15) is 8.78 Å². The van der Waals surface area contributed by atoms with Crippen LogP contribution in [0.15, 0.2) is 41.3 Å². The molecule has 0 radical (unpaired) electrons. The minimum absolute atomic E-state index is 0.0351. The van der Waals surface area contributed by atoms with Crippen LogP contribution in [0.3, 0.4) is 0 Å². The van der Waals surface area contributed by atoms with Crippen molar-refractivity contribution in [2.24, 2.45) is 0 Å². The van der Waals surface area contributed by atoms with Crippen LogP contribution in [0.5, 0.6) is 5.75 Å². The average Bonchev–Trinajstić information content (AvgIpc) is 2.50. The maximum absolute atomic E-state index is 12.3. The number of halogens is 4. The van der Waals surface area contributed by atoms with Crippen LogP contribution in [0.2, 0.25) is 10.0 Å². The molecule has 8 heteroatoms. The van der Waals surface area contributed by atoms with E-state index in [1.807, 2.05) is 6.26 Å². The normalized spacial score (nSPS) is 10.7. The summed E-state index contributed by atoms with van der Waals surface area (Å²) in [7, 11) is 0. The summed E-state index contributed by atoms with van der Waals surface area (Å²) in [5, 5.41) is 2.89. The largest absolute Gasteiger partial charge is 0.433 e. The zero-order chi connectivity index (χ0) is 17.0. The predicted molar refractivity (Wildman–Crippen MR) is 89.3 cm³/mol. The van der Waals surface area contributed by atoms with Crippen molar-refractivity contribution < 1.29 is 18.3 Å². The van der Waals surface area contributed by atoms with Gasteiger partial charge in [0.25, 0.3) is 5.91 Å². The number of benzene rings is 2. The number of thioether (sulfide) groups is 1. The molecule has 0 atom stereocenters. The summed E-state index contributed by atoms with van der Waals surface area (Å²) in [5.41, 5.74) is 0.648. The molecule has 1 amide bonds. The van der Waals surface area contributed by atoms with Gasteiger partial charge in [0.2, 0.25) is 0 Å². The van der Waals surface area contributed by atoms with Crippen molar-refractivity contribution in [3.8, 4) is 5.75 Å². The van der Waals surface area contributed by atoms with Crippen LogP contribution in [0.25, 0.3) is 0 Å². The molecule has 3 nitrogen and oxygen atoms in total. The Morgan fingerprint density at radius 2 is 1.91 bits per heavy atom. The van der Waals surface area contributed by atoms with E-state index < -0.39 is 12.5 Å². The molecule has 0 unspecified atom stereocenters. The van der Waals surface area contributed by atoms with E-state index in [9.17, 15) is 13.6 Å². The lowest BCUT2D eigenvalue weighted by atomic mass is 10.2. The first kappa shape index (κ1) is 17.8. The van der Waals surface area contributed by atoms with E-state index in [0.29, 0.717) is 16.3 Å². The van der Waals surface area contributed by atoms with Gasteiger partial charge in [-0.15, -0.1) is 11.8 Å². The minimum atomic E-state index is -2.97. The fourth-order valence-electron chi connectivity index (χ4n) is 1.77. The number of ether oxygens (including phenoxy) is 1. The molecule has 0 saturated heterocycles. The van der Waals surface area contributed by atoms with Gasteiger partial charge in [0.15, 0.2) is 0 Å². The molecule has 0 saturated carbocycles. The summed E-state index contributed by atoms with van der Waals surface area (Å²) in [5.74, 6) is -0.591. The van der Waals surface area contributed by atoms with Crippen molar-refractivity contribution in [3.05, 3.63) is 52.0 Å². The van der Waals surface area contributed by atoms with Gasteiger partial charge in [0, 0.05) is 10.6 Å². The predicted octanol–water partition coefficient (Wildman–Crippen LogP) is 5.57. The third kappa shape index (κ3) is 4.73. The Bertz CT molecular complexity index is 729. The second-order valence-corrected chi connectivity index (χ2v) is 6.02. The molecular formula is C15H11Cl2F2NO2S. The summed E-state index contributed by atoms with van der Waals surface area (Å²) in [4.78, 5) is 13.2. The van der Waals surface area contributed by atoms with Crippen LogP contribution in [-0.4, -0.2) is 18.8 Å². The van der Waals surface area contributed by atoms with Gasteiger partial charge in [0.05, 0.1) is 15.6 Å². The van der Waals surface area contributed by atoms with E-state index in [0.717, 1.165) is 4.90 Å². The minimum Gasteiger partial charge on any atom is -0.433 e. The smallest absolute Gasteiger partial charge is 0.387 e. The van der Waals surface area contributed by atoms with Crippen molar-refractivity contribution >= 4 is 46.6 Å². The van der Waals surface area contributed by atoms with Crippen LogP contribution in [0, 0.1) is 0 Å². The molecule has 1 N–H and O–H groups in total. The zero-order valence-electron chi connectivity index (χ0n) is 11.8. The third-order valence-corrected chi connectivity index (χ3v) is 4.17. The molecule has 0 spiro atoms. The van der Waals surface area contributed by atoms with Gasteiger partial charge < -0.3 is 10.1 Å². The summed E-state index contributed by atoms with van der Waals surface area (Å²) in [6, 6.07) is 9.09. The van der Waals surface area contributed by atoms with E-state index in [-0.39, 0.29) is 10.8 Å². The zero-order valence-corrected chi connectivity index (χ0v) is 14.1. The van der Waals surface area contributed by atoms with Crippen molar-refractivity contribution in [3.63, 3.8) is 0 Å². The number of hydrogen-bond donors (Lipinski definition) is 1. The topological polar surface area (TPSA) is 38.3 Å². The second-order valence-electron chi connectivity index (χ2n) is 4.32. The van der Waals surface area contributed by atoms with Gasteiger partial charge in [-0.25, -0.2) is 0 Å². The Hall–Kier alpha value is -1.50. The van der Waals surface area contributed by atoms with Crippen molar-refractivity contribution in [1.29, 1.82) is 0 Å². The summed E-state index contributed by atoms with van der Waals surface area (Å²) in [6.07, 6.45) is 1.88. The number of carbonyl (C=O) groups is 1. The standard InChI is InChI=1S/C15H11Cl2F2NO2S/c1-23-9-3-4-11(16)10(7-9)14(21)20-8-2-5-13(12(17)6-8)22-15(18)19/h2-7,15H,1H3,(H,20,21). The van der Waals surface area contributed by atoms with E-state index in [4.69, 9.17) is 23.2 Å². The number of rotatable bonds is 5. The molecular weight excluding hydrogens is 367 g/mol. The molecule has 2 rings (SSSR count). The SMILES string of the molecule is CSc1ccc(Cl)c(C(=O)Nc2ccc(OC(F)F)c(Cl)c2)c1. The van der Waals surface area contributed by atoms with Crippen LogP contribution >= 0.6 is 35.0 Å². The van der Waals surface area contributed by atoms with Crippen molar-refractivity contribution in [1.82, 2.24) is 0 Å². The monoisotopic (exact) mass is 377 g/mol. The first-order valence-corrected chi connectivity index (χ1v) is 8.28. The fourth-order valence-corrected chi connectivity index (χ4v) is 2.64. The molecule has 0 heterocycles. The lowest BCUT2D eigenvalue weighted by Crippen LogP contribution is -2.12. The first-order valence-electron chi connectivity index (χ1n) is 6.30. The Morgan fingerprint density at radius 1 is 1.17 bits per heavy atom. The highest BCUT2D eigenvalue weighted by molar-refractivity contribution is 7.98. The Morgan fingerprint density at radius 3 is 2.52 bits per heavy atom. The molecule has 2 aromatic carbocycles. The molecule has 122 valence electrons. The van der Waals surface area contributed by atoms with Crippen LogP contribution in [-0.2, 0) is 0 Å². The molecule has 0 bridgehead atoms. The van der Waals surface area contributed by atoms with Gasteiger partial charge in [0.1, 0.15) is 5.75 Å². The number of alkyl halides is 2. The molecule has 0 aromatic heterocycles. The Kier molecular flexibility index (Phi) is 6.10. The number of amides is 1. The van der Waals surface area contributed by atoms with Gasteiger partial charge >= 0.3 is 6.61 Å². The summed E-state index contributed by atoms with van der Waals surface area (Å²) in [6.45, 7) is -2.97. The highest BCUT2D eigenvalue weighted by Crippen LogP contribution is 2.30. The molecule has 0 aliphatic rings. The van der Waals surface area contributed by atoms with E-state index in [1.54, 1.807) is 18.2 Å². The Labute approximate surface area is 145 Å². The lowest BCUT2D eigenvalue weighted by Gasteiger charge is -2.11. The highest BCUT2D eigenvalue weighted by Gasteiger charge is 2.14. The number of hydrogen-bond acceptors (Lipinski definition) is 3. The first-order chi connectivity index (χ1) is 10.9. The molecule has 0 fully saturated rings. The van der Waals surface area contributed by atoms with Crippen LogP contribution in [0.4, 0.5) is 14.5 Å². The van der Waals surface area contributed by atoms with Gasteiger partial charge in [-0.1, -0.05) is 23.2 Å². The highest BCUT2D eigenvalue weighted by atomic mass is 35.5. The third-order valence-electron chi connectivity index (χ3n) is 2.82. The maximum Gasteiger partial charge on any atom is 0.387 e. The van der Waals surface area contributed by atoms with Crippen LogP contribution < -0.4 is 10.1 Å². The van der Waals surface area contributed by atoms with Gasteiger partial charge in [-0.05, 0) is 42.7 Å². The molecule has 0 aliphatic carbocycles. The summed E-state index contributed by atoms with van der Waals surface area (Å²) >= 11 is 13.3. The van der Waals surface area contributed by atoms with E-state index in [1.165, 1.54) is 30.0 Å².